The quantitative estimate of drug-likeness (QED) is 0.531. The molecule has 0 bridgehead atoms. The minimum atomic E-state index is -4.06. The number of Topliss-reactive ketones (excluding diaryl/α,β-unsaturated/α-hetero) is 1. The van der Waals surface area contributed by atoms with Crippen molar-refractivity contribution in [2.24, 2.45) is 0 Å². The summed E-state index contributed by atoms with van der Waals surface area (Å²) in [6.07, 6.45) is 0. The van der Waals surface area contributed by atoms with E-state index in [4.69, 9.17) is 0 Å². The number of hydrogen-bond acceptors (Lipinski definition) is 6. The molecule has 0 saturated heterocycles. The number of nitrogens with one attached hydrogen (secondary N) is 2. The Morgan fingerprint density at radius 3 is 2.09 bits per heavy atom. The zero-order chi connectivity index (χ0) is 23.5. The van der Waals surface area contributed by atoms with E-state index in [1.54, 1.807) is 19.1 Å². The van der Waals surface area contributed by atoms with E-state index in [1.807, 2.05) is 0 Å². The largest absolute Gasteiger partial charge is 0.545 e. The summed E-state index contributed by atoms with van der Waals surface area (Å²) in [5.41, 5.74) is 1.16. The van der Waals surface area contributed by atoms with Crippen LogP contribution in [-0.2, 0) is 10.0 Å². The Labute approximate surface area is 185 Å². The van der Waals surface area contributed by atoms with E-state index >= 15 is 0 Å². The monoisotopic (exact) mass is 451 g/mol. The average Bonchev–Trinajstić information content (AvgIpc) is 2.73. The number of aryl methyl sites for hydroxylation is 1. The first-order valence-corrected chi connectivity index (χ1v) is 10.9. The second kappa shape index (κ2) is 9.03. The fraction of sp³-hybridized carbons (Fsp3) is 0.0870. The third-order valence-corrected chi connectivity index (χ3v) is 6.14. The lowest BCUT2D eigenvalue weighted by Gasteiger charge is -2.13. The first kappa shape index (κ1) is 22.7. The molecule has 0 fully saturated rings. The predicted molar refractivity (Wildman–Crippen MR) is 117 cm³/mol. The smallest absolute Gasteiger partial charge is 0.262 e. The van der Waals surface area contributed by atoms with Gasteiger partial charge in [0.1, 0.15) is 0 Å². The maximum atomic E-state index is 13.0. The molecule has 164 valence electrons. The number of amides is 1. The van der Waals surface area contributed by atoms with Crippen molar-refractivity contribution in [3.8, 4) is 0 Å². The highest BCUT2D eigenvalue weighted by molar-refractivity contribution is 7.92. The van der Waals surface area contributed by atoms with Gasteiger partial charge >= 0.3 is 0 Å². The van der Waals surface area contributed by atoms with E-state index in [0.29, 0.717) is 11.1 Å². The Bertz CT molecular complexity index is 1330. The molecule has 0 aliphatic heterocycles. The van der Waals surface area contributed by atoms with Crippen molar-refractivity contribution in [2.45, 2.75) is 18.7 Å². The zero-order valence-electron chi connectivity index (χ0n) is 17.2. The van der Waals surface area contributed by atoms with Gasteiger partial charge in [0.25, 0.3) is 15.9 Å². The van der Waals surface area contributed by atoms with Crippen LogP contribution in [0, 0.1) is 6.92 Å². The van der Waals surface area contributed by atoms with Gasteiger partial charge in [-0.1, -0.05) is 30.3 Å². The molecule has 0 aromatic heterocycles. The third kappa shape index (κ3) is 5.19. The van der Waals surface area contributed by atoms with Crippen LogP contribution in [0.25, 0.3) is 0 Å². The van der Waals surface area contributed by atoms with E-state index < -0.39 is 21.9 Å². The van der Waals surface area contributed by atoms with E-state index in [2.05, 4.69) is 10.0 Å². The van der Waals surface area contributed by atoms with E-state index in [0.717, 1.165) is 0 Å². The summed E-state index contributed by atoms with van der Waals surface area (Å²) in [6, 6.07) is 15.8. The highest BCUT2D eigenvalue weighted by Gasteiger charge is 2.20. The van der Waals surface area contributed by atoms with Crippen molar-refractivity contribution in [1.82, 2.24) is 0 Å². The number of aromatic carboxylic acids is 1. The predicted octanol–water partition coefficient (Wildman–Crippen LogP) is 2.61. The summed E-state index contributed by atoms with van der Waals surface area (Å²) in [5.74, 6) is -2.20. The van der Waals surface area contributed by atoms with Gasteiger partial charge in [-0.25, -0.2) is 8.42 Å². The summed E-state index contributed by atoms with van der Waals surface area (Å²) in [4.78, 5) is 35.1. The molecule has 0 spiro atoms. The number of anilines is 2. The number of hydrogen-bond donors (Lipinski definition) is 2. The Balaban J connectivity index is 1.88. The fourth-order valence-electron chi connectivity index (χ4n) is 2.97. The number of rotatable bonds is 7. The standard InChI is InChI=1S/C23H20N2O6S/c1-14-9-10-17(22(27)24-19-7-4-6-18(12-19)23(28)29)13-21(14)32(30,31)25-20-8-3-5-16(11-20)15(2)26/h3-13,25H,1-2H3,(H,24,27)(H,28,29)/p-1. The number of ketones is 1. The van der Waals surface area contributed by atoms with Gasteiger partial charge in [-0.15, -0.1) is 0 Å². The second-order valence-corrected chi connectivity index (χ2v) is 8.70. The number of carboxylic acid groups (broad SMARTS) is 1. The molecule has 0 saturated carbocycles. The van der Waals surface area contributed by atoms with E-state index in [9.17, 15) is 27.9 Å². The number of sulfonamides is 1. The maximum Gasteiger partial charge on any atom is 0.262 e. The van der Waals surface area contributed by atoms with Crippen LogP contribution in [0.2, 0.25) is 0 Å². The normalized spacial score (nSPS) is 10.9. The molecule has 8 nitrogen and oxygen atoms in total. The molecule has 0 heterocycles. The van der Waals surface area contributed by atoms with Crippen LogP contribution in [0.3, 0.4) is 0 Å². The Morgan fingerprint density at radius 1 is 0.812 bits per heavy atom. The van der Waals surface area contributed by atoms with Gasteiger partial charge in [-0.05, 0) is 61.4 Å². The third-order valence-electron chi connectivity index (χ3n) is 4.62. The molecule has 0 radical (unpaired) electrons. The second-order valence-electron chi connectivity index (χ2n) is 7.05. The van der Waals surface area contributed by atoms with Crippen molar-refractivity contribution >= 4 is 39.1 Å². The molecule has 0 aliphatic carbocycles. The minimum Gasteiger partial charge on any atom is -0.545 e. The summed E-state index contributed by atoms with van der Waals surface area (Å²) >= 11 is 0. The minimum absolute atomic E-state index is 0.0623. The molecular formula is C23H19N2O6S-. The molecule has 0 unspecified atom stereocenters. The fourth-order valence-corrected chi connectivity index (χ4v) is 4.29. The van der Waals surface area contributed by atoms with Crippen molar-refractivity contribution in [3.05, 3.63) is 89.0 Å². The van der Waals surface area contributed by atoms with Crippen molar-refractivity contribution < 1.29 is 27.9 Å². The molecule has 1 amide bonds. The molecule has 2 N–H and O–H groups in total. The van der Waals surface area contributed by atoms with Gasteiger partial charge in [-0.3, -0.25) is 14.3 Å². The van der Waals surface area contributed by atoms with Crippen LogP contribution < -0.4 is 15.1 Å². The van der Waals surface area contributed by atoms with Gasteiger partial charge in [0, 0.05) is 22.5 Å². The van der Waals surface area contributed by atoms with Crippen molar-refractivity contribution in [2.75, 3.05) is 10.0 Å². The molecule has 3 aromatic carbocycles. The Kier molecular flexibility index (Phi) is 6.40. The summed E-state index contributed by atoms with van der Waals surface area (Å²) in [6.45, 7) is 2.97. The van der Waals surface area contributed by atoms with Crippen molar-refractivity contribution in [3.63, 3.8) is 0 Å². The van der Waals surface area contributed by atoms with Crippen LogP contribution in [0.5, 0.6) is 0 Å². The Morgan fingerprint density at radius 2 is 1.44 bits per heavy atom. The lowest BCUT2D eigenvalue weighted by atomic mass is 10.1. The van der Waals surface area contributed by atoms with Gasteiger partial charge in [-0.2, -0.15) is 0 Å². The topological polar surface area (TPSA) is 132 Å². The van der Waals surface area contributed by atoms with Gasteiger partial charge in [0.05, 0.1) is 10.9 Å². The maximum absolute atomic E-state index is 13.0. The van der Waals surface area contributed by atoms with E-state index in [-0.39, 0.29) is 33.2 Å². The van der Waals surface area contributed by atoms with Crippen LogP contribution in [0.1, 0.15) is 43.6 Å². The number of carbonyl (C=O) groups excluding carboxylic acids is 3. The van der Waals surface area contributed by atoms with Gasteiger partial charge in [0.2, 0.25) is 0 Å². The summed E-state index contributed by atoms with van der Waals surface area (Å²) in [7, 11) is -4.06. The Hall–Kier alpha value is -3.98. The molecule has 32 heavy (non-hydrogen) atoms. The molecule has 9 heteroatoms. The molecule has 0 aliphatic rings. The van der Waals surface area contributed by atoms with Crippen molar-refractivity contribution in [1.29, 1.82) is 0 Å². The molecule has 3 aromatic rings. The number of benzene rings is 3. The van der Waals surface area contributed by atoms with Gasteiger partial charge < -0.3 is 15.2 Å². The zero-order valence-corrected chi connectivity index (χ0v) is 18.0. The number of carboxylic acids is 1. The SMILES string of the molecule is CC(=O)c1cccc(NS(=O)(=O)c2cc(C(=O)Nc3cccc(C(=O)[O-])c3)ccc2C)c1. The highest BCUT2D eigenvalue weighted by Crippen LogP contribution is 2.22. The number of carbonyl (C=O) groups is 3. The van der Waals surface area contributed by atoms with Crippen LogP contribution in [0.15, 0.2) is 71.6 Å². The lowest BCUT2D eigenvalue weighted by molar-refractivity contribution is -0.255. The highest BCUT2D eigenvalue weighted by atomic mass is 32.2. The van der Waals surface area contributed by atoms with Crippen LogP contribution in [-0.4, -0.2) is 26.1 Å². The van der Waals surface area contributed by atoms with Crippen LogP contribution >= 0.6 is 0 Å². The molecule has 0 atom stereocenters. The van der Waals surface area contributed by atoms with Gasteiger partial charge in [0.15, 0.2) is 5.78 Å². The molecular weight excluding hydrogens is 432 g/mol. The van der Waals surface area contributed by atoms with Crippen LogP contribution in [0.4, 0.5) is 11.4 Å². The molecule has 3 rings (SSSR count). The average molecular weight is 451 g/mol. The summed E-state index contributed by atoms with van der Waals surface area (Å²) in [5, 5.41) is 13.5. The first-order chi connectivity index (χ1) is 15.1. The van der Waals surface area contributed by atoms with E-state index in [1.165, 1.54) is 61.5 Å². The first-order valence-electron chi connectivity index (χ1n) is 9.44. The lowest BCUT2D eigenvalue weighted by Crippen LogP contribution is -2.22. The summed E-state index contributed by atoms with van der Waals surface area (Å²) < 4.78 is 28.3.